The molecule has 4 nitrogen and oxygen atoms in total. The average Bonchev–Trinajstić information content (AvgIpc) is 2.90. The highest BCUT2D eigenvalue weighted by molar-refractivity contribution is 6.20. The van der Waals surface area contributed by atoms with Gasteiger partial charge in [-0.25, -0.2) is 8.78 Å². The van der Waals surface area contributed by atoms with E-state index in [4.69, 9.17) is 4.74 Å². The second-order valence-electron chi connectivity index (χ2n) is 9.16. The number of aromatic hydroxyl groups is 1. The lowest BCUT2D eigenvalue weighted by Crippen LogP contribution is -2.35. The molecule has 1 heterocycles. The molecule has 4 aromatic rings. The molecule has 0 aromatic heterocycles. The molecular formula is C30H27F2NO3. The molecule has 1 atom stereocenters. The molecule has 2 N–H and O–H groups in total. The highest BCUT2D eigenvalue weighted by Crippen LogP contribution is 2.35. The van der Waals surface area contributed by atoms with Crippen molar-refractivity contribution in [2.24, 2.45) is 0 Å². The Morgan fingerprint density at radius 1 is 0.944 bits per heavy atom. The number of rotatable bonds is 7. The summed E-state index contributed by atoms with van der Waals surface area (Å²) in [6, 6.07) is 18.4. The maximum Gasteiger partial charge on any atom is 0.194 e. The zero-order chi connectivity index (χ0) is 25.1. The van der Waals surface area contributed by atoms with Crippen molar-refractivity contribution < 1.29 is 23.4 Å². The Balaban J connectivity index is 1.45. The van der Waals surface area contributed by atoms with Crippen LogP contribution in [0, 0.1) is 11.6 Å². The van der Waals surface area contributed by atoms with Crippen molar-refractivity contribution in [3.63, 3.8) is 0 Å². The number of phenols is 1. The first-order valence-corrected chi connectivity index (χ1v) is 12.2. The lowest BCUT2D eigenvalue weighted by Gasteiger charge is -2.23. The summed E-state index contributed by atoms with van der Waals surface area (Å²) >= 11 is 0. The Morgan fingerprint density at radius 3 is 2.56 bits per heavy atom. The predicted molar refractivity (Wildman–Crippen MR) is 137 cm³/mol. The number of phenolic OH excluding ortho intramolecular Hbond substituents is 1. The van der Waals surface area contributed by atoms with Gasteiger partial charge in [-0.3, -0.25) is 4.79 Å². The molecule has 0 spiro atoms. The number of ether oxygens (including phenoxy) is 1. The first kappa shape index (κ1) is 23.9. The fourth-order valence-electron chi connectivity index (χ4n) is 4.83. The summed E-state index contributed by atoms with van der Waals surface area (Å²) < 4.78 is 34.6. The summed E-state index contributed by atoms with van der Waals surface area (Å²) in [6.45, 7) is 1.64. The van der Waals surface area contributed by atoms with Gasteiger partial charge >= 0.3 is 0 Å². The molecule has 36 heavy (non-hydrogen) atoms. The van der Waals surface area contributed by atoms with Gasteiger partial charge < -0.3 is 15.2 Å². The van der Waals surface area contributed by atoms with E-state index in [-0.39, 0.29) is 28.2 Å². The van der Waals surface area contributed by atoms with Crippen LogP contribution in [0.3, 0.4) is 0 Å². The number of carbonyl (C=O) groups excluding carboxylic acids is 1. The third-order valence-corrected chi connectivity index (χ3v) is 6.71. The minimum atomic E-state index is -0.625. The SMILES string of the molecule is O=C(c1ccc(OCCC2CCCCN2)cc1)c1c(-c2cc(F)ccc2F)ccc2cc(O)ccc12. The van der Waals surface area contributed by atoms with Gasteiger partial charge in [-0.05, 0) is 103 Å². The third-order valence-electron chi connectivity index (χ3n) is 6.71. The number of fused-ring (bicyclic) bond motifs is 1. The molecule has 1 saturated heterocycles. The number of hydrogen-bond acceptors (Lipinski definition) is 4. The molecule has 0 radical (unpaired) electrons. The molecule has 1 fully saturated rings. The molecule has 0 amide bonds. The van der Waals surface area contributed by atoms with Gasteiger partial charge in [0.1, 0.15) is 23.1 Å². The largest absolute Gasteiger partial charge is 0.508 e. The van der Waals surface area contributed by atoms with E-state index in [0.29, 0.717) is 34.7 Å². The van der Waals surface area contributed by atoms with Crippen molar-refractivity contribution in [2.45, 2.75) is 31.7 Å². The first-order chi connectivity index (χ1) is 17.5. The summed E-state index contributed by atoms with van der Waals surface area (Å²) in [6.07, 6.45) is 4.54. The van der Waals surface area contributed by atoms with Crippen LogP contribution in [0.5, 0.6) is 11.5 Å². The topological polar surface area (TPSA) is 58.6 Å². The van der Waals surface area contributed by atoms with Gasteiger partial charge in [-0.2, -0.15) is 0 Å². The van der Waals surface area contributed by atoms with Crippen LogP contribution in [-0.4, -0.2) is 30.1 Å². The van der Waals surface area contributed by atoms with Crippen LogP contribution in [0.1, 0.15) is 41.6 Å². The molecule has 0 saturated carbocycles. The van der Waals surface area contributed by atoms with Crippen LogP contribution in [-0.2, 0) is 0 Å². The van der Waals surface area contributed by atoms with Crippen molar-refractivity contribution >= 4 is 16.6 Å². The fraction of sp³-hybridized carbons (Fsp3) is 0.233. The highest BCUT2D eigenvalue weighted by Gasteiger charge is 2.21. The van der Waals surface area contributed by atoms with Crippen LogP contribution in [0.2, 0.25) is 0 Å². The van der Waals surface area contributed by atoms with E-state index in [9.17, 15) is 18.7 Å². The molecule has 0 aliphatic carbocycles. The van der Waals surface area contributed by atoms with E-state index in [1.807, 2.05) is 0 Å². The van der Waals surface area contributed by atoms with Crippen LogP contribution in [0.15, 0.2) is 72.8 Å². The molecule has 6 heteroatoms. The zero-order valence-electron chi connectivity index (χ0n) is 19.8. The number of hydrogen-bond donors (Lipinski definition) is 2. The number of piperidine rings is 1. The van der Waals surface area contributed by atoms with Crippen molar-refractivity contribution in [3.8, 4) is 22.6 Å². The number of benzene rings is 4. The van der Waals surface area contributed by atoms with Gasteiger partial charge in [0.05, 0.1) is 6.61 Å². The zero-order valence-corrected chi connectivity index (χ0v) is 19.8. The maximum absolute atomic E-state index is 14.7. The Kier molecular flexibility index (Phi) is 6.96. The van der Waals surface area contributed by atoms with Crippen molar-refractivity contribution in [3.05, 3.63) is 95.6 Å². The Labute approximate surface area is 208 Å². The maximum atomic E-state index is 14.7. The second-order valence-corrected chi connectivity index (χ2v) is 9.16. The quantitative estimate of drug-likeness (QED) is 0.287. The molecular weight excluding hydrogens is 460 g/mol. The van der Waals surface area contributed by atoms with E-state index in [1.54, 1.807) is 42.5 Å². The summed E-state index contributed by atoms with van der Waals surface area (Å²) in [5, 5.41) is 14.6. The molecule has 1 unspecified atom stereocenters. The third kappa shape index (κ3) is 5.09. The first-order valence-electron chi connectivity index (χ1n) is 12.2. The van der Waals surface area contributed by atoms with Gasteiger partial charge in [-0.1, -0.05) is 18.6 Å². The highest BCUT2D eigenvalue weighted by atomic mass is 19.1. The van der Waals surface area contributed by atoms with E-state index in [2.05, 4.69) is 5.32 Å². The Bertz CT molecular complexity index is 1400. The predicted octanol–water partition coefficient (Wildman–Crippen LogP) is 6.63. The summed E-state index contributed by atoms with van der Waals surface area (Å²) in [5.74, 6) is -0.833. The standard InChI is InChI=1S/C30H27F2NO3/c31-21-7-13-28(32)27(18-21)26-11-6-20-17-23(34)8-12-25(20)29(26)30(35)19-4-9-24(10-5-19)36-16-14-22-3-1-2-15-33-22/h4-13,17-18,22,33-34H,1-3,14-16H2. The van der Waals surface area contributed by atoms with Gasteiger partial charge in [-0.15, -0.1) is 0 Å². The lowest BCUT2D eigenvalue weighted by molar-refractivity contribution is 0.104. The van der Waals surface area contributed by atoms with Crippen LogP contribution < -0.4 is 10.1 Å². The van der Waals surface area contributed by atoms with E-state index in [1.165, 1.54) is 25.0 Å². The van der Waals surface area contributed by atoms with Gasteiger partial charge in [0.15, 0.2) is 5.78 Å². The summed E-state index contributed by atoms with van der Waals surface area (Å²) in [4.78, 5) is 13.7. The molecule has 1 aliphatic rings. The minimum Gasteiger partial charge on any atom is -0.508 e. The van der Waals surface area contributed by atoms with Crippen LogP contribution >= 0.6 is 0 Å². The lowest BCUT2D eigenvalue weighted by atomic mass is 9.89. The molecule has 4 aromatic carbocycles. The van der Waals surface area contributed by atoms with Gasteiger partial charge in [0.2, 0.25) is 0 Å². The van der Waals surface area contributed by atoms with Gasteiger partial charge in [0, 0.05) is 22.7 Å². The number of carbonyl (C=O) groups is 1. The van der Waals surface area contributed by atoms with Crippen molar-refractivity contribution in [1.82, 2.24) is 5.32 Å². The molecule has 0 bridgehead atoms. The Morgan fingerprint density at radius 2 is 1.78 bits per heavy atom. The summed E-state index contributed by atoms with van der Waals surface area (Å²) in [7, 11) is 0. The fourth-order valence-corrected chi connectivity index (χ4v) is 4.83. The van der Waals surface area contributed by atoms with E-state index >= 15 is 0 Å². The van der Waals surface area contributed by atoms with Crippen LogP contribution in [0.4, 0.5) is 8.78 Å². The Hall–Kier alpha value is -3.77. The van der Waals surface area contributed by atoms with Crippen molar-refractivity contribution in [2.75, 3.05) is 13.2 Å². The molecule has 5 rings (SSSR count). The van der Waals surface area contributed by atoms with Crippen molar-refractivity contribution in [1.29, 1.82) is 0 Å². The molecule has 184 valence electrons. The second kappa shape index (κ2) is 10.5. The number of nitrogens with one attached hydrogen (secondary N) is 1. The smallest absolute Gasteiger partial charge is 0.194 e. The van der Waals surface area contributed by atoms with Crippen LogP contribution in [0.25, 0.3) is 21.9 Å². The minimum absolute atomic E-state index is 0.00426. The average molecular weight is 488 g/mol. The number of ketones is 1. The normalized spacial score (nSPS) is 15.7. The number of halogens is 2. The van der Waals surface area contributed by atoms with Gasteiger partial charge in [0.25, 0.3) is 0 Å². The molecule has 1 aliphatic heterocycles. The van der Waals surface area contributed by atoms with E-state index in [0.717, 1.165) is 37.6 Å². The van der Waals surface area contributed by atoms with E-state index < -0.39 is 11.6 Å². The summed E-state index contributed by atoms with van der Waals surface area (Å²) in [5.41, 5.74) is 0.934. The monoisotopic (exact) mass is 487 g/mol.